The number of aromatic nitrogens is 5. The summed E-state index contributed by atoms with van der Waals surface area (Å²) in [5, 5.41) is 17.5. The van der Waals surface area contributed by atoms with E-state index in [2.05, 4.69) is 15.3 Å². The van der Waals surface area contributed by atoms with Crippen LogP contribution in [0, 0.1) is 12.7 Å². The van der Waals surface area contributed by atoms with Gasteiger partial charge in [-0.1, -0.05) is 30.0 Å². The van der Waals surface area contributed by atoms with Gasteiger partial charge < -0.3 is 16.2 Å². The van der Waals surface area contributed by atoms with Crippen molar-refractivity contribution >= 4 is 28.9 Å². The third kappa shape index (κ3) is 4.24. The van der Waals surface area contributed by atoms with Crippen LogP contribution in [0.1, 0.15) is 24.4 Å². The van der Waals surface area contributed by atoms with E-state index in [1.807, 2.05) is 50.2 Å². The first-order chi connectivity index (χ1) is 17.3. The Balaban J connectivity index is 1.58. The molecule has 3 aromatic heterocycles. The minimum absolute atomic E-state index is 0.196. The first kappa shape index (κ1) is 23.4. The van der Waals surface area contributed by atoms with Crippen molar-refractivity contribution in [3.8, 4) is 11.4 Å². The van der Waals surface area contributed by atoms with E-state index in [1.54, 1.807) is 21.3 Å². The number of phenols is 1. The number of aryl methyl sites for hydroxylation is 1. The first-order valence-electron chi connectivity index (χ1n) is 11.0. The fraction of sp³-hybridized carbons (Fsp3) is 0.120. The van der Waals surface area contributed by atoms with Gasteiger partial charge in [0.25, 0.3) is 5.56 Å². The van der Waals surface area contributed by atoms with Crippen LogP contribution in [0.25, 0.3) is 11.2 Å². The number of para-hydroxylation sites is 1. The molecule has 0 aliphatic heterocycles. The SMILES string of the molecule is Cc1ccn2nc([C@H](C)Nc3ncnc(N)c3Sc3ccc(O)c(F)c3)n(-c3ccccc3)c(=O)c12. The van der Waals surface area contributed by atoms with Crippen molar-refractivity contribution in [1.29, 1.82) is 0 Å². The molecule has 0 aliphatic rings. The molecule has 5 rings (SSSR count). The van der Waals surface area contributed by atoms with E-state index in [0.717, 1.165) is 17.3 Å². The van der Waals surface area contributed by atoms with Crippen LogP contribution in [0.5, 0.6) is 5.75 Å². The first-order valence-corrected chi connectivity index (χ1v) is 11.8. The number of halogens is 1. The number of hydrogen-bond donors (Lipinski definition) is 3. The summed E-state index contributed by atoms with van der Waals surface area (Å²) in [6.07, 6.45) is 3.07. The Hall–Kier alpha value is -4.38. The van der Waals surface area contributed by atoms with Crippen molar-refractivity contribution in [2.24, 2.45) is 0 Å². The second-order valence-electron chi connectivity index (χ2n) is 8.14. The third-order valence-electron chi connectivity index (χ3n) is 5.64. The molecular weight excluding hydrogens is 481 g/mol. The molecule has 0 saturated heterocycles. The number of aromatic hydroxyl groups is 1. The number of phenolic OH excluding ortho intramolecular Hbond substituents is 1. The molecule has 11 heteroatoms. The Morgan fingerprint density at radius 2 is 1.92 bits per heavy atom. The van der Waals surface area contributed by atoms with Gasteiger partial charge in [-0.15, -0.1) is 0 Å². The average Bonchev–Trinajstić information content (AvgIpc) is 3.24. The molecule has 3 heterocycles. The molecule has 9 nitrogen and oxygen atoms in total. The van der Waals surface area contributed by atoms with Gasteiger partial charge in [0.1, 0.15) is 23.5 Å². The summed E-state index contributed by atoms with van der Waals surface area (Å²) in [5.74, 6) is -0.138. The molecule has 0 bridgehead atoms. The van der Waals surface area contributed by atoms with Crippen LogP contribution in [-0.4, -0.2) is 29.3 Å². The molecule has 0 aliphatic carbocycles. The van der Waals surface area contributed by atoms with Gasteiger partial charge in [0.15, 0.2) is 17.4 Å². The Morgan fingerprint density at radius 3 is 2.67 bits per heavy atom. The number of benzene rings is 2. The molecule has 182 valence electrons. The van der Waals surface area contributed by atoms with Crippen LogP contribution >= 0.6 is 11.8 Å². The molecule has 0 unspecified atom stereocenters. The van der Waals surface area contributed by atoms with Crippen molar-refractivity contribution in [2.75, 3.05) is 11.1 Å². The normalized spacial score (nSPS) is 12.1. The molecule has 5 aromatic rings. The lowest BCUT2D eigenvalue weighted by molar-refractivity contribution is 0.431. The number of hydrogen-bond acceptors (Lipinski definition) is 8. The highest BCUT2D eigenvalue weighted by Gasteiger charge is 2.22. The number of nitrogens with one attached hydrogen (secondary N) is 1. The van der Waals surface area contributed by atoms with Gasteiger partial charge in [-0.25, -0.2) is 18.9 Å². The molecule has 0 amide bonds. The summed E-state index contributed by atoms with van der Waals surface area (Å²) in [6, 6.07) is 14.7. The molecule has 0 fully saturated rings. The highest BCUT2D eigenvalue weighted by atomic mass is 32.2. The highest BCUT2D eigenvalue weighted by molar-refractivity contribution is 7.99. The van der Waals surface area contributed by atoms with Crippen LogP contribution in [-0.2, 0) is 0 Å². The summed E-state index contributed by atoms with van der Waals surface area (Å²) in [4.78, 5) is 23.0. The zero-order valence-corrected chi connectivity index (χ0v) is 20.2. The van der Waals surface area contributed by atoms with E-state index < -0.39 is 17.6 Å². The summed E-state index contributed by atoms with van der Waals surface area (Å²) in [7, 11) is 0. The van der Waals surface area contributed by atoms with Gasteiger partial charge >= 0.3 is 0 Å². The lowest BCUT2D eigenvalue weighted by Gasteiger charge is -2.21. The van der Waals surface area contributed by atoms with Crippen LogP contribution in [0.15, 0.2) is 81.7 Å². The zero-order chi connectivity index (χ0) is 25.4. The molecule has 4 N–H and O–H groups in total. The number of nitrogens with two attached hydrogens (primary N) is 1. The van der Waals surface area contributed by atoms with Crippen LogP contribution < -0.4 is 16.6 Å². The van der Waals surface area contributed by atoms with E-state index in [0.29, 0.717) is 32.6 Å². The van der Waals surface area contributed by atoms with Gasteiger partial charge in [-0.05, 0) is 55.8 Å². The molecule has 0 radical (unpaired) electrons. The van der Waals surface area contributed by atoms with Gasteiger partial charge in [0, 0.05) is 11.1 Å². The fourth-order valence-electron chi connectivity index (χ4n) is 3.87. The Labute approximate surface area is 209 Å². The molecule has 0 spiro atoms. The second-order valence-corrected chi connectivity index (χ2v) is 9.23. The van der Waals surface area contributed by atoms with E-state index in [1.165, 1.54) is 18.5 Å². The van der Waals surface area contributed by atoms with Crippen LogP contribution in [0.4, 0.5) is 16.0 Å². The van der Waals surface area contributed by atoms with Gasteiger partial charge in [-0.2, -0.15) is 5.10 Å². The number of fused-ring (bicyclic) bond motifs is 1. The van der Waals surface area contributed by atoms with Crippen molar-refractivity contribution < 1.29 is 9.50 Å². The summed E-state index contributed by atoms with van der Waals surface area (Å²) in [6.45, 7) is 3.73. The Kier molecular flexibility index (Phi) is 6.06. The monoisotopic (exact) mass is 503 g/mol. The summed E-state index contributed by atoms with van der Waals surface area (Å²) < 4.78 is 17.1. The minimum atomic E-state index is -0.746. The van der Waals surface area contributed by atoms with Crippen molar-refractivity contribution in [2.45, 2.75) is 29.7 Å². The minimum Gasteiger partial charge on any atom is -0.505 e. The Morgan fingerprint density at radius 1 is 1.14 bits per heavy atom. The quantitative estimate of drug-likeness (QED) is 0.313. The van der Waals surface area contributed by atoms with E-state index in [4.69, 9.17) is 10.8 Å². The van der Waals surface area contributed by atoms with Gasteiger partial charge in [0.2, 0.25) is 0 Å². The van der Waals surface area contributed by atoms with Gasteiger partial charge in [0.05, 0.1) is 16.6 Å². The fourth-order valence-corrected chi connectivity index (χ4v) is 4.77. The molecular formula is C25H22FN7O2S. The van der Waals surface area contributed by atoms with Crippen LogP contribution in [0.2, 0.25) is 0 Å². The topological polar surface area (TPSA) is 123 Å². The largest absolute Gasteiger partial charge is 0.505 e. The van der Waals surface area contributed by atoms with E-state index in [-0.39, 0.29) is 11.4 Å². The maximum Gasteiger partial charge on any atom is 0.282 e. The number of anilines is 2. The Bertz CT molecular complexity index is 1640. The standard InChI is InChI=1S/C25H22FN7O2S/c1-14-10-11-32-20(14)25(35)33(16-6-4-3-5-7-16)24(31-32)15(2)30-23-21(22(27)28-13-29-23)36-17-8-9-19(34)18(26)12-17/h3-13,15,34H,1-2H3,(H3,27,28,29,30)/t15-/m0/s1. The smallest absolute Gasteiger partial charge is 0.282 e. The third-order valence-corrected chi connectivity index (χ3v) is 6.73. The zero-order valence-electron chi connectivity index (χ0n) is 19.4. The lowest BCUT2D eigenvalue weighted by Crippen LogP contribution is -2.29. The van der Waals surface area contributed by atoms with Crippen LogP contribution in [0.3, 0.4) is 0 Å². The van der Waals surface area contributed by atoms with Crippen molar-refractivity contribution in [1.82, 2.24) is 24.1 Å². The second kappa shape index (κ2) is 9.34. The summed E-state index contributed by atoms with van der Waals surface area (Å²) in [5.41, 5.74) is 7.95. The predicted octanol–water partition coefficient (Wildman–Crippen LogP) is 4.33. The van der Waals surface area contributed by atoms with Crippen molar-refractivity contribution in [3.05, 3.63) is 94.7 Å². The van der Waals surface area contributed by atoms with E-state index in [9.17, 15) is 14.3 Å². The molecule has 36 heavy (non-hydrogen) atoms. The van der Waals surface area contributed by atoms with E-state index >= 15 is 0 Å². The number of nitrogens with zero attached hydrogens (tertiary/aromatic N) is 5. The molecule has 1 atom stereocenters. The number of nitrogen functional groups attached to an aromatic ring is 1. The maximum absolute atomic E-state index is 13.9. The van der Waals surface area contributed by atoms with Crippen molar-refractivity contribution in [3.63, 3.8) is 0 Å². The predicted molar refractivity (Wildman–Crippen MR) is 136 cm³/mol. The number of rotatable bonds is 6. The van der Waals surface area contributed by atoms with Gasteiger partial charge in [-0.3, -0.25) is 9.36 Å². The maximum atomic E-state index is 13.9. The average molecular weight is 504 g/mol. The lowest BCUT2D eigenvalue weighted by atomic mass is 10.2. The molecule has 2 aromatic carbocycles. The summed E-state index contributed by atoms with van der Waals surface area (Å²) >= 11 is 1.15. The highest BCUT2D eigenvalue weighted by Crippen LogP contribution is 2.38. The molecule has 0 saturated carbocycles.